The number of fused-ring (bicyclic) bond motifs is 1. The predicted molar refractivity (Wildman–Crippen MR) is 116 cm³/mol. The molecule has 2 aliphatic heterocycles. The Bertz CT molecular complexity index is 1100. The maximum atomic E-state index is 12.7. The minimum atomic E-state index is -0.749. The zero-order valence-electron chi connectivity index (χ0n) is 18.0. The Morgan fingerprint density at radius 3 is 2.56 bits per heavy atom. The molecule has 8 nitrogen and oxygen atoms in total. The molecule has 3 amide bonds. The summed E-state index contributed by atoms with van der Waals surface area (Å²) in [5, 5.41) is 2.68. The molecular formula is C24H24N2O6. The lowest BCUT2D eigenvalue weighted by molar-refractivity contribution is -0.119. The van der Waals surface area contributed by atoms with Crippen molar-refractivity contribution in [2.75, 3.05) is 25.1 Å². The van der Waals surface area contributed by atoms with Crippen LogP contribution in [0.25, 0.3) is 0 Å². The second kappa shape index (κ2) is 8.92. The number of carbonyl (C=O) groups is 4. The molecule has 32 heavy (non-hydrogen) atoms. The maximum Gasteiger partial charge on any atom is 0.338 e. The summed E-state index contributed by atoms with van der Waals surface area (Å²) < 4.78 is 10.6. The van der Waals surface area contributed by atoms with Crippen LogP contribution in [-0.4, -0.2) is 54.5 Å². The molecule has 0 bridgehead atoms. The first-order valence-electron chi connectivity index (χ1n) is 10.5. The molecule has 8 heteroatoms. The van der Waals surface area contributed by atoms with Crippen molar-refractivity contribution in [3.8, 4) is 0 Å². The molecule has 1 N–H and O–H groups in total. The van der Waals surface area contributed by atoms with Gasteiger partial charge in [0.25, 0.3) is 17.7 Å². The first-order chi connectivity index (χ1) is 15.3. The van der Waals surface area contributed by atoms with Gasteiger partial charge in [-0.25, -0.2) is 4.79 Å². The van der Waals surface area contributed by atoms with Crippen molar-refractivity contribution in [1.82, 2.24) is 4.90 Å². The minimum absolute atomic E-state index is 0.0999. The second-order valence-electron chi connectivity index (χ2n) is 8.04. The summed E-state index contributed by atoms with van der Waals surface area (Å²) in [7, 11) is 0. The van der Waals surface area contributed by atoms with Gasteiger partial charge in [0.15, 0.2) is 6.61 Å². The molecule has 1 saturated heterocycles. The van der Waals surface area contributed by atoms with Crippen molar-refractivity contribution < 1.29 is 28.7 Å². The topological polar surface area (TPSA) is 102 Å². The lowest BCUT2D eigenvalue weighted by atomic mass is 10.1. The van der Waals surface area contributed by atoms with Crippen LogP contribution < -0.4 is 5.32 Å². The third-order valence-corrected chi connectivity index (χ3v) is 5.74. The summed E-state index contributed by atoms with van der Waals surface area (Å²) >= 11 is 0. The van der Waals surface area contributed by atoms with Gasteiger partial charge in [-0.2, -0.15) is 0 Å². The quantitative estimate of drug-likeness (QED) is 0.552. The summed E-state index contributed by atoms with van der Waals surface area (Å²) in [4.78, 5) is 51.0. The normalized spacial score (nSPS) is 17.4. The van der Waals surface area contributed by atoms with Gasteiger partial charge >= 0.3 is 5.97 Å². The van der Waals surface area contributed by atoms with Gasteiger partial charge in [-0.1, -0.05) is 6.07 Å². The fourth-order valence-electron chi connectivity index (χ4n) is 3.81. The molecular weight excluding hydrogens is 412 g/mol. The Kier molecular flexibility index (Phi) is 6.05. The standard InChI is InChI=1S/C24H24N2O6/c1-14-5-7-17(10-15(14)2)25-21(27)13-32-24(30)16-6-8-19-20(11-16)23(29)26(22(19)28)12-18-4-3-9-31-18/h5-8,10-11,18H,3-4,9,12-13H2,1-2H3,(H,25,27)/t18-/m0/s1. The number of esters is 1. The number of aryl methyl sites for hydroxylation is 2. The van der Waals surface area contributed by atoms with E-state index in [2.05, 4.69) is 5.32 Å². The number of hydrogen-bond acceptors (Lipinski definition) is 6. The Morgan fingerprint density at radius 2 is 1.84 bits per heavy atom. The average Bonchev–Trinajstić information content (AvgIpc) is 3.37. The van der Waals surface area contributed by atoms with Crippen LogP contribution in [0.5, 0.6) is 0 Å². The number of amides is 3. The van der Waals surface area contributed by atoms with Crippen LogP contribution in [0.3, 0.4) is 0 Å². The highest BCUT2D eigenvalue weighted by Gasteiger charge is 2.38. The van der Waals surface area contributed by atoms with Crippen molar-refractivity contribution in [3.05, 3.63) is 64.2 Å². The smallest absolute Gasteiger partial charge is 0.338 e. The third-order valence-electron chi connectivity index (χ3n) is 5.74. The number of rotatable bonds is 6. The van der Waals surface area contributed by atoms with E-state index in [0.717, 1.165) is 28.9 Å². The van der Waals surface area contributed by atoms with E-state index in [1.807, 2.05) is 26.0 Å². The van der Waals surface area contributed by atoms with Crippen LogP contribution in [-0.2, 0) is 14.3 Å². The van der Waals surface area contributed by atoms with Gasteiger partial charge in [0, 0.05) is 12.3 Å². The molecule has 166 valence electrons. The number of anilines is 1. The van der Waals surface area contributed by atoms with Crippen molar-refractivity contribution in [3.63, 3.8) is 0 Å². The Balaban J connectivity index is 1.37. The fraction of sp³-hybridized carbons (Fsp3) is 0.333. The highest BCUT2D eigenvalue weighted by molar-refractivity contribution is 6.22. The number of carbonyl (C=O) groups excluding carboxylic acids is 4. The average molecular weight is 436 g/mol. The summed E-state index contributed by atoms with van der Waals surface area (Å²) in [5.41, 5.74) is 3.25. The molecule has 0 radical (unpaired) electrons. The summed E-state index contributed by atoms with van der Waals surface area (Å²) in [6.07, 6.45) is 1.55. The van der Waals surface area contributed by atoms with Crippen molar-refractivity contribution in [2.24, 2.45) is 0 Å². The zero-order chi connectivity index (χ0) is 22.8. The van der Waals surface area contributed by atoms with Gasteiger partial charge in [-0.15, -0.1) is 0 Å². The zero-order valence-corrected chi connectivity index (χ0v) is 18.0. The molecule has 1 atom stereocenters. The SMILES string of the molecule is Cc1ccc(NC(=O)COC(=O)c2ccc3c(c2)C(=O)N(C[C@@H]2CCCO2)C3=O)cc1C. The molecule has 0 unspecified atom stereocenters. The monoisotopic (exact) mass is 436 g/mol. The van der Waals surface area contributed by atoms with Crippen molar-refractivity contribution in [1.29, 1.82) is 0 Å². The van der Waals surface area contributed by atoms with E-state index in [0.29, 0.717) is 12.3 Å². The van der Waals surface area contributed by atoms with Crippen LogP contribution in [0.15, 0.2) is 36.4 Å². The predicted octanol–water partition coefficient (Wildman–Crippen LogP) is 2.87. The van der Waals surface area contributed by atoms with E-state index in [1.165, 1.54) is 18.2 Å². The summed E-state index contributed by atoms with van der Waals surface area (Å²) in [6.45, 7) is 4.26. The number of nitrogens with zero attached hydrogens (tertiary/aromatic N) is 1. The number of benzene rings is 2. The van der Waals surface area contributed by atoms with Crippen LogP contribution in [0, 0.1) is 13.8 Å². The highest BCUT2D eigenvalue weighted by Crippen LogP contribution is 2.26. The molecule has 2 aromatic carbocycles. The van der Waals surface area contributed by atoms with Crippen LogP contribution in [0.1, 0.15) is 55.0 Å². The molecule has 4 rings (SSSR count). The first kappa shape index (κ1) is 21.7. The van der Waals surface area contributed by atoms with E-state index in [-0.39, 0.29) is 29.3 Å². The van der Waals surface area contributed by atoms with E-state index in [9.17, 15) is 19.2 Å². The molecule has 0 spiro atoms. The van der Waals surface area contributed by atoms with Crippen molar-refractivity contribution >= 4 is 29.4 Å². The molecule has 0 aliphatic carbocycles. The first-order valence-corrected chi connectivity index (χ1v) is 10.5. The maximum absolute atomic E-state index is 12.7. The number of hydrogen-bond donors (Lipinski definition) is 1. The van der Waals surface area contributed by atoms with Crippen molar-refractivity contribution in [2.45, 2.75) is 32.8 Å². The minimum Gasteiger partial charge on any atom is -0.452 e. The Labute approximate surface area is 185 Å². The van der Waals surface area contributed by atoms with E-state index in [1.54, 1.807) is 6.07 Å². The number of nitrogens with one attached hydrogen (secondary N) is 1. The van der Waals surface area contributed by atoms with Crippen LogP contribution in [0.2, 0.25) is 0 Å². The molecule has 0 aromatic heterocycles. The van der Waals surface area contributed by atoms with Gasteiger partial charge < -0.3 is 14.8 Å². The Morgan fingerprint density at radius 1 is 1.06 bits per heavy atom. The fourth-order valence-corrected chi connectivity index (χ4v) is 3.81. The van der Waals surface area contributed by atoms with Crippen LogP contribution >= 0.6 is 0 Å². The molecule has 0 saturated carbocycles. The summed E-state index contributed by atoms with van der Waals surface area (Å²) in [5.74, 6) is -2.08. The molecule has 2 aliphatic rings. The van der Waals surface area contributed by atoms with E-state index < -0.39 is 30.3 Å². The van der Waals surface area contributed by atoms with Crippen LogP contribution in [0.4, 0.5) is 5.69 Å². The second-order valence-corrected chi connectivity index (χ2v) is 8.04. The molecule has 2 aromatic rings. The third kappa shape index (κ3) is 4.40. The highest BCUT2D eigenvalue weighted by atomic mass is 16.5. The summed E-state index contributed by atoms with van der Waals surface area (Å²) in [6, 6.07) is 9.70. The van der Waals surface area contributed by atoms with E-state index >= 15 is 0 Å². The molecule has 1 fully saturated rings. The lowest BCUT2D eigenvalue weighted by Crippen LogP contribution is -2.36. The van der Waals surface area contributed by atoms with Gasteiger partial charge in [0.05, 0.1) is 29.3 Å². The van der Waals surface area contributed by atoms with E-state index in [4.69, 9.17) is 9.47 Å². The number of imide groups is 1. The lowest BCUT2D eigenvalue weighted by Gasteiger charge is -2.17. The van der Waals surface area contributed by atoms with Gasteiger partial charge in [0.2, 0.25) is 0 Å². The Hall–Kier alpha value is -3.52. The van der Waals surface area contributed by atoms with Gasteiger partial charge in [-0.3, -0.25) is 19.3 Å². The number of ether oxygens (including phenoxy) is 2. The largest absolute Gasteiger partial charge is 0.452 e. The van der Waals surface area contributed by atoms with Gasteiger partial charge in [-0.05, 0) is 68.1 Å². The van der Waals surface area contributed by atoms with Gasteiger partial charge in [0.1, 0.15) is 0 Å². The molecule has 2 heterocycles.